The second-order valence-electron chi connectivity index (χ2n) is 3.34. The maximum Gasteiger partial charge on any atom is 0.315 e. The molecule has 1 aromatic heterocycles. The number of nitrogens with one attached hydrogen (secondary N) is 1. The standard InChI is InChI=1S/C11H10ClFN2O4/c1-2-19-8(18)3-7(17)15-10-6(5-16)4-14-11(12)9(10)13/h4-5H,2-3H2,1H3,(H,14,15,17). The molecular weight excluding hydrogens is 279 g/mol. The number of carbonyl (C=O) groups excluding carboxylic acids is 3. The topological polar surface area (TPSA) is 85.4 Å². The van der Waals surface area contributed by atoms with Crippen LogP contribution in [0.15, 0.2) is 6.20 Å². The van der Waals surface area contributed by atoms with Crippen LogP contribution in [0.5, 0.6) is 0 Å². The molecule has 0 aliphatic carbocycles. The number of ether oxygens (including phenoxy) is 1. The molecule has 1 heterocycles. The van der Waals surface area contributed by atoms with Crippen molar-refractivity contribution in [3.8, 4) is 0 Å². The van der Waals surface area contributed by atoms with Gasteiger partial charge in [-0.15, -0.1) is 0 Å². The van der Waals surface area contributed by atoms with Gasteiger partial charge in [-0.1, -0.05) is 11.6 Å². The lowest BCUT2D eigenvalue weighted by molar-refractivity contribution is -0.145. The lowest BCUT2D eigenvalue weighted by Gasteiger charge is -2.09. The summed E-state index contributed by atoms with van der Waals surface area (Å²) in [6.07, 6.45) is 0.732. The van der Waals surface area contributed by atoms with E-state index in [0.29, 0.717) is 6.29 Å². The molecule has 0 aliphatic rings. The molecule has 102 valence electrons. The number of aldehydes is 1. The number of carbonyl (C=O) groups is 3. The quantitative estimate of drug-likeness (QED) is 0.385. The SMILES string of the molecule is CCOC(=O)CC(=O)Nc1c(C=O)cnc(Cl)c1F. The van der Waals surface area contributed by atoms with Gasteiger partial charge in [0.05, 0.1) is 17.9 Å². The van der Waals surface area contributed by atoms with E-state index >= 15 is 0 Å². The van der Waals surface area contributed by atoms with Crippen LogP contribution in [0.4, 0.5) is 10.1 Å². The van der Waals surface area contributed by atoms with Crippen molar-refractivity contribution < 1.29 is 23.5 Å². The first-order valence-corrected chi connectivity index (χ1v) is 5.62. The number of halogens is 2. The maximum atomic E-state index is 13.6. The molecule has 0 aliphatic heterocycles. The smallest absolute Gasteiger partial charge is 0.315 e. The first-order chi connectivity index (χ1) is 8.99. The number of hydrogen-bond acceptors (Lipinski definition) is 5. The number of hydrogen-bond donors (Lipinski definition) is 1. The van der Waals surface area contributed by atoms with E-state index in [2.05, 4.69) is 15.0 Å². The highest BCUT2D eigenvalue weighted by molar-refractivity contribution is 6.30. The average Bonchev–Trinajstić information content (AvgIpc) is 2.35. The molecular formula is C11H10ClFN2O4. The Labute approximate surface area is 112 Å². The monoisotopic (exact) mass is 288 g/mol. The molecule has 8 heteroatoms. The van der Waals surface area contributed by atoms with Gasteiger partial charge >= 0.3 is 5.97 Å². The zero-order chi connectivity index (χ0) is 14.4. The Kier molecular flexibility index (Phi) is 5.37. The van der Waals surface area contributed by atoms with Crippen LogP contribution in [-0.4, -0.2) is 29.8 Å². The van der Waals surface area contributed by atoms with Crippen LogP contribution in [0, 0.1) is 5.82 Å². The van der Waals surface area contributed by atoms with Crippen molar-refractivity contribution in [3.05, 3.63) is 22.7 Å². The molecule has 19 heavy (non-hydrogen) atoms. The van der Waals surface area contributed by atoms with Gasteiger partial charge in [-0.25, -0.2) is 9.37 Å². The van der Waals surface area contributed by atoms with Crippen LogP contribution < -0.4 is 5.32 Å². The summed E-state index contributed by atoms with van der Waals surface area (Å²) in [5.41, 5.74) is -0.594. The first kappa shape index (κ1) is 15.0. The summed E-state index contributed by atoms with van der Waals surface area (Å²) in [6, 6.07) is 0. The second-order valence-corrected chi connectivity index (χ2v) is 3.70. The Bertz CT molecular complexity index is 522. The molecule has 0 atom stereocenters. The van der Waals surface area contributed by atoms with Crippen molar-refractivity contribution in [3.63, 3.8) is 0 Å². The normalized spacial score (nSPS) is 9.84. The number of esters is 1. The lowest BCUT2D eigenvalue weighted by atomic mass is 10.2. The van der Waals surface area contributed by atoms with Gasteiger partial charge in [0, 0.05) is 6.20 Å². The van der Waals surface area contributed by atoms with Gasteiger partial charge in [0.25, 0.3) is 0 Å². The molecule has 1 N–H and O–H groups in total. The van der Waals surface area contributed by atoms with Crippen LogP contribution in [-0.2, 0) is 14.3 Å². The highest BCUT2D eigenvalue weighted by atomic mass is 35.5. The van der Waals surface area contributed by atoms with Crippen LogP contribution in [0.2, 0.25) is 5.15 Å². The maximum absolute atomic E-state index is 13.6. The zero-order valence-electron chi connectivity index (χ0n) is 9.91. The molecule has 0 spiro atoms. The van der Waals surface area contributed by atoms with E-state index in [1.165, 1.54) is 0 Å². The highest BCUT2D eigenvalue weighted by Crippen LogP contribution is 2.23. The predicted octanol–water partition coefficient (Wildman–Crippen LogP) is 1.58. The molecule has 1 rings (SSSR count). The minimum atomic E-state index is -1.04. The fourth-order valence-electron chi connectivity index (χ4n) is 1.22. The summed E-state index contributed by atoms with van der Waals surface area (Å²) in [4.78, 5) is 36.7. The van der Waals surface area contributed by atoms with Crippen molar-refractivity contribution in [2.45, 2.75) is 13.3 Å². The summed E-state index contributed by atoms with van der Waals surface area (Å²) in [5.74, 6) is -2.61. The largest absolute Gasteiger partial charge is 0.466 e. The first-order valence-electron chi connectivity index (χ1n) is 5.24. The molecule has 0 aromatic carbocycles. The van der Waals surface area contributed by atoms with E-state index in [1.54, 1.807) is 6.92 Å². The number of rotatable bonds is 5. The summed E-state index contributed by atoms with van der Waals surface area (Å²) < 4.78 is 18.2. The molecule has 0 bridgehead atoms. The summed E-state index contributed by atoms with van der Waals surface area (Å²) in [7, 11) is 0. The summed E-state index contributed by atoms with van der Waals surface area (Å²) >= 11 is 5.44. The van der Waals surface area contributed by atoms with Gasteiger partial charge in [0.1, 0.15) is 6.42 Å². The van der Waals surface area contributed by atoms with Crippen LogP contribution in [0.25, 0.3) is 0 Å². The highest BCUT2D eigenvalue weighted by Gasteiger charge is 2.18. The van der Waals surface area contributed by atoms with Gasteiger partial charge in [-0.05, 0) is 6.92 Å². The Morgan fingerprint density at radius 3 is 2.84 bits per heavy atom. The molecule has 6 nitrogen and oxygen atoms in total. The van der Waals surface area contributed by atoms with Gasteiger partial charge < -0.3 is 10.1 Å². The third-order valence-corrected chi connectivity index (χ3v) is 2.27. The summed E-state index contributed by atoms with van der Waals surface area (Å²) in [6.45, 7) is 1.71. The predicted molar refractivity (Wildman–Crippen MR) is 64.5 cm³/mol. The Morgan fingerprint density at radius 2 is 2.26 bits per heavy atom. The van der Waals surface area contributed by atoms with Crippen LogP contribution >= 0.6 is 11.6 Å². The Hall–Kier alpha value is -2.02. The van der Waals surface area contributed by atoms with Gasteiger partial charge in [0.15, 0.2) is 17.3 Å². The van der Waals surface area contributed by atoms with E-state index in [4.69, 9.17) is 11.6 Å². The van der Waals surface area contributed by atoms with Gasteiger partial charge in [-0.2, -0.15) is 0 Å². The van der Waals surface area contributed by atoms with E-state index in [9.17, 15) is 18.8 Å². The lowest BCUT2D eigenvalue weighted by Crippen LogP contribution is -2.20. The van der Waals surface area contributed by atoms with E-state index < -0.39 is 35.0 Å². The van der Waals surface area contributed by atoms with E-state index in [0.717, 1.165) is 6.20 Å². The molecule has 0 fully saturated rings. The van der Waals surface area contributed by atoms with E-state index in [1.807, 2.05) is 0 Å². The average molecular weight is 289 g/mol. The minimum Gasteiger partial charge on any atom is -0.466 e. The number of pyridine rings is 1. The molecule has 0 saturated heterocycles. The van der Waals surface area contributed by atoms with Gasteiger partial charge in [0.2, 0.25) is 5.91 Å². The van der Waals surface area contributed by atoms with Crippen molar-refractivity contribution in [1.29, 1.82) is 0 Å². The van der Waals surface area contributed by atoms with E-state index in [-0.39, 0.29) is 12.2 Å². The molecule has 1 amide bonds. The number of anilines is 1. The van der Waals surface area contributed by atoms with Crippen molar-refractivity contribution in [2.24, 2.45) is 0 Å². The fraction of sp³-hybridized carbons (Fsp3) is 0.273. The minimum absolute atomic E-state index is 0.126. The molecule has 0 radical (unpaired) electrons. The molecule has 1 aromatic rings. The van der Waals surface area contributed by atoms with Crippen LogP contribution in [0.1, 0.15) is 23.7 Å². The Morgan fingerprint density at radius 1 is 1.58 bits per heavy atom. The Balaban J connectivity index is 2.87. The van der Waals surface area contributed by atoms with Crippen molar-refractivity contribution in [1.82, 2.24) is 4.98 Å². The van der Waals surface area contributed by atoms with Gasteiger partial charge in [-0.3, -0.25) is 14.4 Å². The third kappa shape index (κ3) is 3.99. The van der Waals surface area contributed by atoms with Crippen LogP contribution in [0.3, 0.4) is 0 Å². The van der Waals surface area contributed by atoms with Crippen molar-refractivity contribution in [2.75, 3.05) is 11.9 Å². The zero-order valence-corrected chi connectivity index (χ0v) is 10.7. The number of aromatic nitrogens is 1. The number of amides is 1. The van der Waals surface area contributed by atoms with Crippen molar-refractivity contribution >= 4 is 35.5 Å². The summed E-state index contributed by atoms with van der Waals surface area (Å²) in [5, 5.41) is 1.60. The number of nitrogens with zero attached hydrogens (tertiary/aromatic N) is 1. The fourth-order valence-corrected chi connectivity index (χ4v) is 1.36. The third-order valence-electron chi connectivity index (χ3n) is 2.01. The molecule has 0 saturated carbocycles. The second kappa shape index (κ2) is 6.79. The molecule has 0 unspecified atom stereocenters.